The molecule has 10 heteroatoms. The highest BCUT2D eigenvalue weighted by molar-refractivity contribution is 5.99. The van der Waals surface area contributed by atoms with Gasteiger partial charge in [0.15, 0.2) is 0 Å². The quantitative estimate of drug-likeness (QED) is 0.589. The molecule has 1 aliphatic rings. The number of likely N-dealkylation sites (N-methyl/N-ethyl adjacent to an activating group) is 1. The first kappa shape index (κ1) is 25.7. The van der Waals surface area contributed by atoms with Crippen LogP contribution in [-0.4, -0.2) is 72.3 Å². The predicted octanol–water partition coefficient (Wildman–Crippen LogP) is 0.675. The minimum atomic E-state index is -0.955. The number of nitrogens with zero attached hydrogens (tertiary/aromatic N) is 2. The summed E-state index contributed by atoms with van der Waals surface area (Å²) in [6.45, 7) is 2.36. The van der Waals surface area contributed by atoms with E-state index in [4.69, 9.17) is 4.74 Å². The second kappa shape index (κ2) is 12.5. The van der Waals surface area contributed by atoms with Crippen LogP contribution in [0.25, 0.3) is 0 Å². The van der Waals surface area contributed by atoms with E-state index in [0.29, 0.717) is 18.7 Å². The normalized spacial score (nSPS) is 19.8. The zero-order valence-corrected chi connectivity index (χ0v) is 20.0. The van der Waals surface area contributed by atoms with Crippen molar-refractivity contribution in [1.29, 1.82) is 0 Å². The van der Waals surface area contributed by atoms with Gasteiger partial charge in [-0.3, -0.25) is 24.2 Å². The average Bonchev–Trinajstić information content (AvgIpc) is 2.86. The van der Waals surface area contributed by atoms with E-state index in [-0.39, 0.29) is 43.4 Å². The largest absolute Gasteiger partial charge is 0.491 e. The van der Waals surface area contributed by atoms with E-state index in [1.165, 1.54) is 4.90 Å². The number of benzene rings is 1. The van der Waals surface area contributed by atoms with Crippen molar-refractivity contribution in [2.75, 3.05) is 26.7 Å². The molecule has 3 rings (SSSR count). The van der Waals surface area contributed by atoms with Crippen LogP contribution in [0.1, 0.15) is 35.8 Å². The fourth-order valence-corrected chi connectivity index (χ4v) is 3.65. The van der Waals surface area contributed by atoms with Gasteiger partial charge in [-0.05, 0) is 37.6 Å². The molecule has 1 aliphatic heterocycles. The van der Waals surface area contributed by atoms with Crippen LogP contribution in [0, 0.1) is 0 Å². The summed E-state index contributed by atoms with van der Waals surface area (Å²) in [5.41, 5.74) is 1.09. The molecule has 186 valence electrons. The molecule has 0 saturated heterocycles. The van der Waals surface area contributed by atoms with Crippen LogP contribution in [0.2, 0.25) is 0 Å². The molecule has 35 heavy (non-hydrogen) atoms. The van der Waals surface area contributed by atoms with Gasteiger partial charge in [-0.2, -0.15) is 0 Å². The maximum atomic E-state index is 13.1. The third kappa shape index (κ3) is 7.53. The first-order valence-corrected chi connectivity index (χ1v) is 11.6. The van der Waals surface area contributed by atoms with Gasteiger partial charge in [0.2, 0.25) is 17.7 Å². The summed E-state index contributed by atoms with van der Waals surface area (Å²) < 4.78 is 5.77. The van der Waals surface area contributed by atoms with Crippen molar-refractivity contribution < 1.29 is 23.9 Å². The Bertz CT molecular complexity index is 1050. The zero-order valence-electron chi connectivity index (χ0n) is 20.0. The number of carbonyl (C=O) groups is 4. The number of aromatic nitrogens is 1. The summed E-state index contributed by atoms with van der Waals surface area (Å²) >= 11 is 0. The third-order valence-corrected chi connectivity index (χ3v) is 5.63. The van der Waals surface area contributed by atoms with Gasteiger partial charge in [-0.25, -0.2) is 0 Å². The summed E-state index contributed by atoms with van der Waals surface area (Å²) in [7, 11) is 1.62. The van der Waals surface area contributed by atoms with Crippen LogP contribution in [0.15, 0.2) is 48.7 Å². The SMILES string of the molecule is C[C@@H]1NC(=O)CC[C@@H](C(=O)NCCc2ccccn2)NC(=O)c2ccccc2OCCN(C)C1=O. The Morgan fingerprint density at radius 1 is 1.14 bits per heavy atom. The Hall–Kier alpha value is -3.95. The van der Waals surface area contributed by atoms with Crippen LogP contribution in [0.4, 0.5) is 0 Å². The number of hydrogen-bond donors (Lipinski definition) is 3. The summed E-state index contributed by atoms with van der Waals surface area (Å²) in [6, 6.07) is 10.5. The maximum absolute atomic E-state index is 13.1. The van der Waals surface area contributed by atoms with Gasteiger partial charge in [0.05, 0.1) is 12.1 Å². The van der Waals surface area contributed by atoms with Crippen molar-refractivity contribution in [3.8, 4) is 5.75 Å². The van der Waals surface area contributed by atoms with Gasteiger partial charge in [0.1, 0.15) is 24.4 Å². The number of fused-ring (bicyclic) bond motifs is 1. The monoisotopic (exact) mass is 481 g/mol. The van der Waals surface area contributed by atoms with Crippen LogP contribution < -0.4 is 20.7 Å². The Labute approximate surface area is 204 Å². The molecule has 0 aliphatic carbocycles. The number of pyridine rings is 1. The molecule has 0 saturated carbocycles. The highest BCUT2D eigenvalue weighted by Crippen LogP contribution is 2.18. The molecule has 0 unspecified atom stereocenters. The van der Waals surface area contributed by atoms with Crippen molar-refractivity contribution in [1.82, 2.24) is 25.8 Å². The summed E-state index contributed by atoms with van der Waals surface area (Å²) in [5.74, 6) is -1.20. The summed E-state index contributed by atoms with van der Waals surface area (Å²) in [5, 5.41) is 8.20. The molecule has 2 atom stereocenters. The van der Waals surface area contributed by atoms with Gasteiger partial charge >= 0.3 is 0 Å². The molecule has 0 fully saturated rings. The number of rotatable bonds is 4. The van der Waals surface area contributed by atoms with E-state index < -0.39 is 23.9 Å². The Balaban J connectivity index is 1.75. The lowest BCUT2D eigenvalue weighted by Crippen LogP contribution is -2.49. The van der Waals surface area contributed by atoms with Gasteiger partial charge in [-0.1, -0.05) is 18.2 Å². The van der Waals surface area contributed by atoms with Gasteiger partial charge in [-0.15, -0.1) is 0 Å². The van der Waals surface area contributed by atoms with Crippen LogP contribution in [-0.2, 0) is 20.8 Å². The number of ether oxygens (including phenoxy) is 1. The molecular formula is C25H31N5O5. The minimum Gasteiger partial charge on any atom is -0.491 e. The lowest BCUT2D eigenvalue weighted by Gasteiger charge is -2.22. The molecule has 3 N–H and O–H groups in total. The fraction of sp³-hybridized carbons (Fsp3) is 0.400. The second-order valence-corrected chi connectivity index (χ2v) is 8.32. The first-order chi connectivity index (χ1) is 16.8. The molecule has 0 radical (unpaired) electrons. The molecule has 1 aromatic carbocycles. The van der Waals surface area contributed by atoms with E-state index in [1.807, 2.05) is 18.2 Å². The Morgan fingerprint density at radius 3 is 2.69 bits per heavy atom. The Kier molecular flexibility index (Phi) is 9.16. The molecule has 2 heterocycles. The highest BCUT2D eigenvalue weighted by Gasteiger charge is 2.26. The third-order valence-electron chi connectivity index (χ3n) is 5.63. The molecule has 10 nitrogen and oxygen atoms in total. The maximum Gasteiger partial charge on any atom is 0.255 e. The van der Waals surface area contributed by atoms with Crippen molar-refractivity contribution in [3.05, 3.63) is 59.9 Å². The topological polar surface area (TPSA) is 130 Å². The standard InChI is InChI=1S/C25H31N5O5/c1-17-25(34)30(2)15-16-35-21-9-4-3-8-19(21)23(32)29-20(10-11-22(31)28-17)24(33)27-14-12-18-7-5-6-13-26-18/h3-9,13,17,20H,10-12,14-16H2,1-2H3,(H,27,33)(H,28,31)(H,29,32)/t17-,20-/m0/s1. The second-order valence-electron chi connectivity index (χ2n) is 8.32. The molecular weight excluding hydrogens is 450 g/mol. The number of para-hydroxylation sites is 1. The lowest BCUT2D eigenvalue weighted by molar-refractivity contribution is -0.135. The minimum absolute atomic E-state index is 0.0436. The number of carbonyl (C=O) groups excluding carboxylic acids is 4. The van der Waals surface area contributed by atoms with Gasteiger partial charge in [0.25, 0.3) is 5.91 Å². The number of hydrogen-bond acceptors (Lipinski definition) is 6. The van der Waals surface area contributed by atoms with E-state index in [2.05, 4.69) is 20.9 Å². The molecule has 4 amide bonds. The molecule has 0 spiro atoms. The van der Waals surface area contributed by atoms with Crippen LogP contribution in [0.5, 0.6) is 5.75 Å². The van der Waals surface area contributed by atoms with Crippen LogP contribution in [0.3, 0.4) is 0 Å². The van der Waals surface area contributed by atoms with Crippen LogP contribution >= 0.6 is 0 Å². The number of nitrogens with one attached hydrogen (secondary N) is 3. The smallest absolute Gasteiger partial charge is 0.255 e. The lowest BCUT2D eigenvalue weighted by atomic mass is 10.1. The Morgan fingerprint density at radius 2 is 1.91 bits per heavy atom. The summed E-state index contributed by atoms with van der Waals surface area (Å²) in [6.07, 6.45) is 2.22. The van der Waals surface area contributed by atoms with Crippen molar-refractivity contribution in [2.45, 2.75) is 38.3 Å². The van der Waals surface area contributed by atoms with E-state index in [9.17, 15) is 19.2 Å². The average molecular weight is 482 g/mol. The molecule has 2 aromatic rings. The highest BCUT2D eigenvalue weighted by atomic mass is 16.5. The van der Waals surface area contributed by atoms with Gasteiger partial charge < -0.3 is 25.6 Å². The summed E-state index contributed by atoms with van der Waals surface area (Å²) in [4.78, 5) is 56.7. The van der Waals surface area contributed by atoms with E-state index >= 15 is 0 Å². The first-order valence-electron chi connectivity index (χ1n) is 11.6. The van der Waals surface area contributed by atoms with Crippen molar-refractivity contribution >= 4 is 23.6 Å². The fourth-order valence-electron chi connectivity index (χ4n) is 3.65. The van der Waals surface area contributed by atoms with E-state index in [0.717, 1.165) is 5.69 Å². The zero-order chi connectivity index (χ0) is 25.2. The molecule has 0 bridgehead atoms. The van der Waals surface area contributed by atoms with Gasteiger partial charge in [0, 0.05) is 38.3 Å². The van der Waals surface area contributed by atoms with Crippen molar-refractivity contribution in [2.24, 2.45) is 0 Å². The van der Waals surface area contributed by atoms with E-state index in [1.54, 1.807) is 44.4 Å². The molecule has 1 aromatic heterocycles. The van der Waals surface area contributed by atoms with Crippen molar-refractivity contribution in [3.63, 3.8) is 0 Å². The predicted molar refractivity (Wildman–Crippen MR) is 129 cm³/mol. The number of amides is 4.